The lowest BCUT2D eigenvalue weighted by atomic mass is 9.96. The van der Waals surface area contributed by atoms with Crippen LogP contribution in [0, 0.1) is 0 Å². The van der Waals surface area contributed by atoms with E-state index in [0.717, 1.165) is 25.0 Å². The summed E-state index contributed by atoms with van der Waals surface area (Å²) in [6.07, 6.45) is 3.13. The maximum Gasteiger partial charge on any atom is 0.332 e. The summed E-state index contributed by atoms with van der Waals surface area (Å²) in [6, 6.07) is 9.62. The van der Waals surface area contributed by atoms with Crippen LogP contribution in [0.5, 0.6) is 0 Å². The van der Waals surface area contributed by atoms with Gasteiger partial charge in [0.1, 0.15) is 0 Å². The molecule has 0 spiro atoms. The highest BCUT2D eigenvalue weighted by atomic mass is 16.2. The van der Waals surface area contributed by atoms with Crippen molar-refractivity contribution in [3.05, 3.63) is 35.9 Å². The molecule has 1 aromatic rings. The highest BCUT2D eigenvalue weighted by molar-refractivity contribution is 5.93. The molecule has 2 amide bonds. The van der Waals surface area contributed by atoms with E-state index < -0.39 is 6.03 Å². The van der Waals surface area contributed by atoms with Gasteiger partial charge in [0.05, 0.1) is 0 Å². The van der Waals surface area contributed by atoms with Crippen LogP contribution in [0.1, 0.15) is 30.7 Å². The van der Waals surface area contributed by atoms with Crippen molar-refractivity contribution in [2.75, 3.05) is 0 Å². The molecule has 4 heteroatoms. The molecular weight excluding hydrogens is 202 g/mol. The Labute approximate surface area is 94.5 Å². The van der Waals surface area contributed by atoms with Crippen LogP contribution in [-0.2, 0) is 0 Å². The molecule has 84 valence electrons. The van der Waals surface area contributed by atoms with Crippen molar-refractivity contribution in [1.29, 1.82) is 0 Å². The van der Waals surface area contributed by atoms with E-state index in [2.05, 4.69) is 22.7 Å². The Balaban J connectivity index is 2.15. The lowest BCUT2D eigenvalue weighted by molar-refractivity contribution is 0.249. The smallest absolute Gasteiger partial charge is 0.332 e. The van der Waals surface area contributed by atoms with Gasteiger partial charge in [0.25, 0.3) is 0 Å². The molecule has 1 saturated carbocycles. The minimum absolute atomic E-state index is 0.327. The molecule has 1 fully saturated rings. The van der Waals surface area contributed by atoms with Crippen LogP contribution < -0.4 is 11.2 Å². The summed E-state index contributed by atoms with van der Waals surface area (Å²) in [5.74, 6) is 0.327. The van der Waals surface area contributed by atoms with Crippen molar-refractivity contribution in [3.63, 3.8) is 0 Å². The first-order chi connectivity index (χ1) is 7.77. The number of nitrogens with zero attached hydrogens (tertiary/aromatic N) is 1. The van der Waals surface area contributed by atoms with E-state index in [-0.39, 0.29) is 0 Å². The van der Waals surface area contributed by atoms with Gasteiger partial charge in [0.2, 0.25) is 0 Å². The monoisotopic (exact) mass is 217 g/mol. The first-order valence-corrected chi connectivity index (χ1v) is 5.44. The molecule has 1 aliphatic carbocycles. The molecule has 1 aliphatic rings. The van der Waals surface area contributed by atoms with Gasteiger partial charge < -0.3 is 5.73 Å². The predicted octanol–water partition coefficient (Wildman–Crippen LogP) is 1.98. The topological polar surface area (TPSA) is 67.5 Å². The van der Waals surface area contributed by atoms with Crippen molar-refractivity contribution in [3.8, 4) is 0 Å². The second-order valence-electron chi connectivity index (χ2n) is 3.93. The number of primary amides is 1. The third kappa shape index (κ3) is 2.39. The Hall–Kier alpha value is -1.84. The highest BCUT2D eigenvalue weighted by Gasteiger charge is 2.24. The molecule has 0 aliphatic heterocycles. The van der Waals surface area contributed by atoms with Gasteiger partial charge in [-0.25, -0.2) is 10.2 Å². The molecule has 4 nitrogen and oxygen atoms in total. The Morgan fingerprint density at radius 2 is 2.12 bits per heavy atom. The maximum atomic E-state index is 10.6. The van der Waals surface area contributed by atoms with Crippen LogP contribution in [-0.4, -0.2) is 11.7 Å². The zero-order valence-corrected chi connectivity index (χ0v) is 9.02. The zero-order chi connectivity index (χ0) is 11.4. The summed E-state index contributed by atoms with van der Waals surface area (Å²) in [5, 5.41) is 4.07. The van der Waals surface area contributed by atoms with Gasteiger partial charge in [-0.2, -0.15) is 5.10 Å². The number of hydrogen-bond acceptors (Lipinski definition) is 2. The first kappa shape index (κ1) is 10.7. The third-order valence-corrected chi connectivity index (χ3v) is 2.84. The SMILES string of the molecule is NC(=O)NN=C1CCCC1c1ccccc1. The lowest BCUT2D eigenvalue weighted by Gasteiger charge is -2.10. The lowest BCUT2D eigenvalue weighted by Crippen LogP contribution is -2.26. The predicted molar refractivity (Wildman–Crippen MR) is 63.2 cm³/mol. The number of hydrazone groups is 1. The van der Waals surface area contributed by atoms with Crippen molar-refractivity contribution in [1.82, 2.24) is 5.43 Å². The van der Waals surface area contributed by atoms with Gasteiger partial charge >= 0.3 is 6.03 Å². The molecule has 0 aromatic heterocycles. The largest absolute Gasteiger partial charge is 0.350 e. The Morgan fingerprint density at radius 3 is 2.81 bits per heavy atom. The molecule has 1 aromatic carbocycles. The number of carbonyl (C=O) groups excluding carboxylic acids is 1. The van der Waals surface area contributed by atoms with Gasteiger partial charge in [0, 0.05) is 11.6 Å². The molecule has 2 rings (SSSR count). The molecule has 0 radical (unpaired) electrons. The molecule has 1 atom stereocenters. The van der Waals surface area contributed by atoms with Crippen molar-refractivity contribution < 1.29 is 4.79 Å². The number of hydrogen-bond donors (Lipinski definition) is 2. The summed E-state index contributed by atoms with van der Waals surface area (Å²) in [7, 11) is 0. The van der Waals surface area contributed by atoms with Gasteiger partial charge in [-0.3, -0.25) is 0 Å². The maximum absolute atomic E-state index is 10.6. The average Bonchev–Trinajstić information content (AvgIpc) is 2.75. The Morgan fingerprint density at radius 1 is 1.38 bits per heavy atom. The molecule has 3 N–H and O–H groups in total. The number of urea groups is 1. The van der Waals surface area contributed by atoms with E-state index in [1.807, 2.05) is 18.2 Å². The van der Waals surface area contributed by atoms with Gasteiger partial charge in [0.15, 0.2) is 0 Å². The number of nitrogens with one attached hydrogen (secondary N) is 1. The molecule has 1 unspecified atom stereocenters. The van der Waals surface area contributed by atoms with Gasteiger partial charge in [-0.1, -0.05) is 30.3 Å². The fourth-order valence-electron chi connectivity index (χ4n) is 2.13. The molecular formula is C12H15N3O. The average molecular weight is 217 g/mol. The van der Waals surface area contributed by atoms with Crippen molar-refractivity contribution >= 4 is 11.7 Å². The Kier molecular flexibility index (Phi) is 3.19. The summed E-state index contributed by atoms with van der Waals surface area (Å²) in [4.78, 5) is 10.6. The third-order valence-electron chi connectivity index (χ3n) is 2.84. The zero-order valence-electron chi connectivity index (χ0n) is 9.02. The minimum atomic E-state index is -0.605. The van der Waals surface area contributed by atoms with E-state index in [1.54, 1.807) is 0 Å². The molecule has 0 saturated heterocycles. The Bertz CT molecular complexity index is 400. The first-order valence-electron chi connectivity index (χ1n) is 5.44. The van der Waals surface area contributed by atoms with E-state index in [9.17, 15) is 4.79 Å². The van der Waals surface area contributed by atoms with Crippen LogP contribution in [0.2, 0.25) is 0 Å². The summed E-state index contributed by atoms with van der Waals surface area (Å²) >= 11 is 0. The number of carbonyl (C=O) groups is 1. The summed E-state index contributed by atoms with van der Waals surface area (Å²) < 4.78 is 0. The quantitative estimate of drug-likeness (QED) is 0.731. The van der Waals surface area contributed by atoms with Crippen LogP contribution in [0.3, 0.4) is 0 Å². The van der Waals surface area contributed by atoms with Crippen LogP contribution in [0.15, 0.2) is 35.4 Å². The number of amides is 2. The summed E-state index contributed by atoms with van der Waals surface area (Å²) in [5.41, 5.74) is 9.58. The minimum Gasteiger partial charge on any atom is -0.350 e. The fourth-order valence-corrected chi connectivity index (χ4v) is 2.13. The second-order valence-corrected chi connectivity index (χ2v) is 3.93. The highest BCUT2D eigenvalue weighted by Crippen LogP contribution is 2.31. The van der Waals surface area contributed by atoms with Crippen molar-refractivity contribution in [2.45, 2.75) is 25.2 Å². The van der Waals surface area contributed by atoms with E-state index in [4.69, 9.17) is 5.73 Å². The number of benzene rings is 1. The van der Waals surface area contributed by atoms with Gasteiger partial charge in [-0.05, 0) is 24.8 Å². The number of nitrogens with two attached hydrogens (primary N) is 1. The number of rotatable bonds is 2. The second kappa shape index (κ2) is 4.79. The summed E-state index contributed by atoms with van der Waals surface area (Å²) in [6.45, 7) is 0. The van der Waals surface area contributed by atoms with Crippen LogP contribution in [0.25, 0.3) is 0 Å². The van der Waals surface area contributed by atoms with Gasteiger partial charge in [-0.15, -0.1) is 0 Å². The van der Waals surface area contributed by atoms with E-state index in [1.165, 1.54) is 5.56 Å². The van der Waals surface area contributed by atoms with Crippen LogP contribution >= 0.6 is 0 Å². The van der Waals surface area contributed by atoms with Crippen LogP contribution in [0.4, 0.5) is 4.79 Å². The normalized spacial score (nSPS) is 22.2. The fraction of sp³-hybridized carbons (Fsp3) is 0.333. The van der Waals surface area contributed by atoms with Crippen molar-refractivity contribution in [2.24, 2.45) is 10.8 Å². The van der Waals surface area contributed by atoms with E-state index in [0.29, 0.717) is 5.92 Å². The molecule has 16 heavy (non-hydrogen) atoms. The molecule has 0 heterocycles. The van der Waals surface area contributed by atoms with E-state index >= 15 is 0 Å². The standard InChI is InChI=1S/C12H15N3O/c13-12(16)15-14-11-8-4-7-10(11)9-5-2-1-3-6-9/h1-3,5-6,10H,4,7-8H2,(H3,13,15,16). The molecule has 0 bridgehead atoms.